The molecule has 0 aliphatic rings. The molecule has 1 atom stereocenters. The van der Waals surface area contributed by atoms with E-state index in [2.05, 4.69) is 4.74 Å². The van der Waals surface area contributed by atoms with Gasteiger partial charge in [0.15, 0.2) is 0 Å². The van der Waals surface area contributed by atoms with Gasteiger partial charge < -0.3 is 10.5 Å². The Bertz CT molecular complexity index is 361. The summed E-state index contributed by atoms with van der Waals surface area (Å²) in [6.07, 6.45) is 0.221. The van der Waals surface area contributed by atoms with E-state index >= 15 is 0 Å². The molecular formula is C12H17NO2. The maximum Gasteiger partial charge on any atom is 0.307 e. The minimum Gasteiger partial charge on any atom is -0.469 e. The highest BCUT2D eigenvalue weighted by molar-refractivity contribution is 5.70. The van der Waals surface area contributed by atoms with E-state index in [1.54, 1.807) is 0 Å². The van der Waals surface area contributed by atoms with Gasteiger partial charge in [-0.2, -0.15) is 0 Å². The van der Waals surface area contributed by atoms with Crippen molar-refractivity contribution >= 4 is 5.97 Å². The molecule has 0 spiro atoms. The number of nitrogens with two attached hydrogens (primary N) is 1. The summed E-state index contributed by atoms with van der Waals surface area (Å²) >= 11 is 0. The fourth-order valence-corrected chi connectivity index (χ4v) is 1.38. The number of carbonyl (C=O) groups excluding carboxylic acids is 1. The van der Waals surface area contributed by atoms with E-state index in [0.717, 1.165) is 5.56 Å². The fraction of sp³-hybridized carbons (Fsp3) is 0.417. The second-order valence-electron chi connectivity index (χ2n) is 3.73. The summed E-state index contributed by atoms with van der Waals surface area (Å²) in [6, 6.07) is 5.71. The Morgan fingerprint density at radius 3 is 2.60 bits per heavy atom. The molecule has 1 aromatic rings. The summed E-state index contributed by atoms with van der Waals surface area (Å²) < 4.78 is 4.58. The number of hydrogen-bond acceptors (Lipinski definition) is 3. The van der Waals surface area contributed by atoms with Crippen LogP contribution in [-0.4, -0.2) is 13.1 Å². The minimum atomic E-state index is -0.281. The summed E-state index contributed by atoms with van der Waals surface area (Å²) in [5.41, 5.74) is 9.28. The summed E-state index contributed by atoms with van der Waals surface area (Å²) in [5.74, 6) is -0.277. The van der Waals surface area contributed by atoms with Crippen LogP contribution in [0.15, 0.2) is 18.2 Å². The zero-order valence-electron chi connectivity index (χ0n) is 9.41. The molecule has 0 bridgehead atoms. The molecule has 15 heavy (non-hydrogen) atoms. The number of aryl methyl sites for hydroxylation is 2. The molecule has 3 heteroatoms. The van der Waals surface area contributed by atoms with Gasteiger partial charge in [0.25, 0.3) is 0 Å². The highest BCUT2D eigenvalue weighted by Crippen LogP contribution is 2.18. The highest BCUT2D eigenvalue weighted by atomic mass is 16.5. The second-order valence-corrected chi connectivity index (χ2v) is 3.73. The van der Waals surface area contributed by atoms with E-state index in [-0.39, 0.29) is 18.4 Å². The van der Waals surface area contributed by atoms with Crippen LogP contribution in [0.2, 0.25) is 0 Å². The van der Waals surface area contributed by atoms with Crippen LogP contribution in [0.3, 0.4) is 0 Å². The minimum absolute atomic E-state index is 0.221. The summed E-state index contributed by atoms with van der Waals surface area (Å²) in [7, 11) is 1.37. The second kappa shape index (κ2) is 4.94. The van der Waals surface area contributed by atoms with Crippen LogP contribution in [0.1, 0.15) is 29.2 Å². The van der Waals surface area contributed by atoms with Crippen molar-refractivity contribution in [2.75, 3.05) is 7.11 Å². The molecule has 1 unspecified atom stereocenters. The highest BCUT2D eigenvalue weighted by Gasteiger charge is 2.12. The van der Waals surface area contributed by atoms with Gasteiger partial charge in [0.05, 0.1) is 13.5 Å². The number of ether oxygens (including phenoxy) is 1. The first kappa shape index (κ1) is 11.7. The molecule has 0 heterocycles. The molecule has 0 saturated carbocycles. The Morgan fingerprint density at radius 2 is 2.07 bits per heavy atom. The maximum absolute atomic E-state index is 11.0. The number of rotatable bonds is 3. The van der Waals surface area contributed by atoms with Crippen molar-refractivity contribution < 1.29 is 9.53 Å². The lowest BCUT2D eigenvalue weighted by atomic mass is 10.00. The molecule has 0 saturated heterocycles. The van der Waals surface area contributed by atoms with E-state index in [4.69, 9.17) is 5.73 Å². The molecular weight excluding hydrogens is 190 g/mol. The van der Waals surface area contributed by atoms with Crippen molar-refractivity contribution in [1.82, 2.24) is 0 Å². The zero-order chi connectivity index (χ0) is 11.4. The number of esters is 1. The Morgan fingerprint density at radius 1 is 1.40 bits per heavy atom. The summed E-state index contributed by atoms with van der Waals surface area (Å²) in [4.78, 5) is 11.0. The van der Waals surface area contributed by atoms with Gasteiger partial charge in [0.2, 0.25) is 0 Å². The molecule has 82 valence electrons. The van der Waals surface area contributed by atoms with Gasteiger partial charge in [0, 0.05) is 6.04 Å². The predicted molar refractivity (Wildman–Crippen MR) is 59.5 cm³/mol. The monoisotopic (exact) mass is 207 g/mol. The van der Waals surface area contributed by atoms with Crippen LogP contribution in [0.4, 0.5) is 0 Å². The largest absolute Gasteiger partial charge is 0.469 e. The standard InChI is InChI=1S/C12H17NO2/c1-8-4-5-10(6-9(8)2)11(13)7-12(14)15-3/h4-6,11H,7,13H2,1-3H3. The van der Waals surface area contributed by atoms with Crippen LogP contribution in [0.5, 0.6) is 0 Å². The van der Waals surface area contributed by atoms with Crippen LogP contribution in [0, 0.1) is 13.8 Å². The van der Waals surface area contributed by atoms with E-state index in [1.165, 1.54) is 18.2 Å². The third kappa shape index (κ3) is 3.06. The Hall–Kier alpha value is -1.35. The quantitative estimate of drug-likeness (QED) is 0.770. The molecule has 3 nitrogen and oxygen atoms in total. The number of hydrogen-bond donors (Lipinski definition) is 1. The molecule has 2 N–H and O–H groups in total. The molecule has 0 aliphatic heterocycles. The average Bonchev–Trinajstić information content (AvgIpc) is 2.21. The van der Waals surface area contributed by atoms with E-state index < -0.39 is 0 Å². The van der Waals surface area contributed by atoms with Crippen molar-refractivity contribution in [3.05, 3.63) is 34.9 Å². The lowest BCUT2D eigenvalue weighted by Crippen LogP contribution is -2.16. The van der Waals surface area contributed by atoms with Crippen molar-refractivity contribution in [3.63, 3.8) is 0 Å². The molecule has 0 fully saturated rings. The molecule has 0 aromatic heterocycles. The third-order valence-corrected chi connectivity index (χ3v) is 2.57. The van der Waals surface area contributed by atoms with Gasteiger partial charge >= 0.3 is 5.97 Å². The lowest BCUT2D eigenvalue weighted by molar-refractivity contribution is -0.141. The van der Waals surface area contributed by atoms with Crippen LogP contribution >= 0.6 is 0 Å². The smallest absolute Gasteiger partial charge is 0.307 e. The normalized spacial score (nSPS) is 12.3. The molecule has 0 amide bonds. The fourth-order valence-electron chi connectivity index (χ4n) is 1.38. The topological polar surface area (TPSA) is 52.3 Å². The molecule has 1 aromatic carbocycles. The Labute approximate surface area is 90.2 Å². The van der Waals surface area contributed by atoms with Gasteiger partial charge in [-0.15, -0.1) is 0 Å². The first-order chi connectivity index (χ1) is 7.04. The van der Waals surface area contributed by atoms with E-state index in [0.29, 0.717) is 0 Å². The number of carbonyl (C=O) groups is 1. The number of benzene rings is 1. The zero-order valence-corrected chi connectivity index (χ0v) is 9.41. The summed E-state index contributed by atoms with van der Waals surface area (Å²) in [5, 5.41) is 0. The first-order valence-electron chi connectivity index (χ1n) is 4.94. The van der Waals surface area contributed by atoms with Crippen molar-refractivity contribution in [1.29, 1.82) is 0 Å². The summed E-state index contributed by atoms with van der Waals surface area (Å²) in [6.45, 7) is 4.08. The van der Waals surface area contributed by atoms with Gasteiger partial charge in [-0.1, -0.05) is 18.2 Å². The van der Waals surface area contributed by atoms with Gasteiger partial charge in [-0.3, -0.25) is 4.79 Å². The van der Waals surface area contributed by atoms with E-state index in [1.807, 2.05) is 32.0 Å². The van der Waals surface area contributed by atoms with Crippen molar-refractivity contribution in [3.8, 4) is 0 Å². The lowest BCUT2D eigenvalue weighted by Gasteiger charge is -2.12. The average molecular weight is 207 g/mol. The first-order valence-corrected chi connectivity index (χ1v) is 4.94. The van der Waals surface area contributed by atoms with Crippen LogP contribution in [-0.2, 0) is 9.53 Å². The van der Waals surface area contributed by atoms with Gasteiger partial charge in [-0.05, 0) is 30.5 Å². The van der Waals surface area contributed by atoms with Gasteiger partial charge in [-0.25, -0.2) is 0 Å². The maximum atomic E-state index is 11.0. The van der Waals surface area contributed by atoms with Crippen molar-refractivity contribution in [2.24, 2.45) is 5.73 Å². The molecule has 1 rings (SSSR count). The third-order valence-electron chi connectivity index (χ3n) is 2.57. The molecule has 0 radical (unpaired) electrons. The van der Waals surface area contributed by atoms with Crippen LogP contribution in [0.25, 0.3) is 0 Å². The van der Waals surface area contributed by atoms with Gasteiger partial charge in [0.1, 0.15) is 0 Å². The SMILES string of the molecule is COC(=O)CC(N)c1ccc(C)c(C)c1. The predicted octanol–water partition coefficient (Wildman–Crippen LogP) is 1.87. The van der Waals surface area contributed by atoms with E-state index in [9.17, 15) is 4.79 Å². The molecule has 0 aliphatic carbocycles. The Balaban J connectivity index is 2.78. The van der Waals surface area contributed by atoms with Crippen LogP contribution < -0.4 is 5.73 Å². The Kier molecular flexibility index (Phi) is 3.86. The number of methoxy groups -OCH3 is 1. The van der Waals surface area contributed by atoms with Crippen molar-refractivity contribution in [2.45, 2.75) is 26.3 Å².